The number of hydrogen-bond donors (Lipinski definition) is 1. The van der Waals surface area contributed by atoms with E-state index in [1.807, 2.05) is 0 Å². The molecule has 20 heavy (non-hydrogen) atoms. The van der Waals surface area contributed by atoms with Gasteiger partial charge in [-0.15, -0.1) is 0 Å². The topological polar surface area (TPSA) is 32.7 Å². The van der Waals surface area contributed by atoms with E-state index in [0.29, 0.717) is 6.54 Å². The molecule has 1 aliphatic heterocycles. The maximum absolute atomic E-state index is 10.4. The highest BCUT2D eigenvalue weighted by atomic mass is 16.5. The van der Waals surface area contributed by atoms with Crippen LogP contribution in [0.3, 0.4) is 0 Å². The van der Waals surface area contributed by atoms with Crippen molar-refractivity contribution >= 4 is 0 Å². The zero-order chi connectivity index (χ0) is 14.8. The van der Waals surface area contributed by atoms with Gasteiger partial charge in [0.2, 0.25) is 0 Å². The van der Waals surface area contributed by atoms with Crippen LogP contribution in [0.25, 0.3) is 0 Å². The molecule has 1 aromatic carbocycles. The molecule has 1 fully saturated rings. The maximum atomic E-state index is 10.4. The third-order valence-electron chi connectivity index (χ3n) is 3.92. The van der Waals surface area contributed by atoms with Crippen molar-refractivity contribution in [2.75, 3.05) is 26.2 Å². The largest absolute Gasteiger partial charge is 0.387 e. The number of morpholine rings is 1. The van der Waals surface area contributed by atoms with Gasteiger partial charge in [-0.25, -0.2) is 0 Å². The third-order valence-corrected chi connectivity index (χ3v) is 3.92. The predicted molar refractivity (Wildman–Crippen MR) is 82.0 cm³/mol. The zero-order valence-corrected chi connectivity index (χ0v) is 13.1. The first-order valence-electron chi connectivity index (χ1n) is 7.49. The summed E-state index contributed by atoms with van der Waals surface area (Å²) in [5.41, 5.74) is 2.45. The standard InChI is InChI=1S/C17H27NO2/c1-13-11-18(9-10-20-13)12-16(19)14-5-7-15(8-6-14)17(2,3)4/h5-8,13,16,19H,9-12H2,1-4H3. The summed E-state index contributed by atoms with van der Waals surface area (Å²) >= 11 is 0. The molecule has 1 saturated heterocycles. The van der Waals surface area contributed by atoms with Gasteiger partial charge in [-0.2, -0.15) is 0 Å². The summed E-state index contributed by atoms with van der Waals surface area (Å²) in [5.74, 6) is 0. The molecule has 1 aliphatic rings. The Kier molecular flexibility index (Phi) is 4.84. The number of rotatable bonds is 3. The lowest BCUT2D eigenvalue weighted by atomic mass is 9.86. The first kappa shape index (κ1) is 15.5. The molecule has 1 heterocycles. The lowest BCUT2D eigenvalue weighted by molar-refractivity contribution is -0.0319. The van der Waals surface area contributed by atoms with Gasteiger partial charge in [0.15, 0.2) is 0 Å². The van der Waals surface area contributed by atoms with Crippen molar-refractivity contribution < 1.29 is 9.84 Å². The second-order valence-electron chi connectivity index (χ2n) is 6.83. The minimum Gasteiger partial charge on any atom is -0.387 e. The van der Waals surface area contributed by atoms with Crippen molar-refractivity contribution in [2.45, 2.75) is 45.3 Å². The van der Waals surface area contributed by atoms with Crippen LogP contribution in [-0.4, -0.2) is 42.4 Å². The molecule has 2 atom stereocenters. The van der Waals surface area contributed by atoms with Crippen LogP contribution in [0.1, 0.15) is 44.9 Å². The van der Waals surface area contributed by atoms with Gasteiger partial charge in [-0.05, 0) is 23.5 Å². The lowest BCUT2D eigenvalue weighted by Crippen LogP contribution is -2.42. The molecule has 0 aromatic heterocycles. The summed E-state index contributed by atoms with van der Waals surface area (Å²) in [6.45, 7) is 11.9. The fraction of sp³-hybridized carbons (Fsp3) is 0.647. The van der Waals surface area contributed by atoms with Gasteiger partial charge >= 0.3 is 0 Å². The van der Waals surface area contributed by atoms with Crippen molar-refractivity contribution in [1.82, 2.24) is 4.90 Å². The van der Waals surface area contributed by atoms with E-state index in [-0.39, 0.29) is 11.5 Å². The van der Waals surface area contributed by atoms with E-state index in [2.05, 4.69) is 56.9 Å². The SMILES string of the molecule is CC1CN(CC(O)c2ccc(C(C)(C)C)cc2)CCO1. The van der Waals surface area contributed by atoms with E-state index in [1.165, 1.54) is 5.56 Å². The normalized spacial score (nSPS) is 22.8. The minimum absolute atomic E-state index is 0.156. The number of benzene rings is 1. The molecule has 3 heteroatoms. The van der Waals surface area contributed by atoms with Crippen molar-refractivity contribution in [3.63, 3.8) is 0 Å². The van der Waals surface area contributed by atoms with Crippen LogP contribution in [0.4, 0.5) is 0 Å². The minimum atomic E-state index is -0.422. The van der Waals surface area contributed by atoms with Crippen LogP contribution in [-0.2, 0) is 10.2 Å². The summed E-state index contributed by atoms with van der Waals surface area (Å²) in [6, 6.07) is 8.35. The van der Waals surface area contributed by atoms with Crippen LogP contribution < -0.4 is 0 Å². The molecule has 2 rings (SSSR count). The van der Waals surface area contributed by atoms with Gasteiger partial charge in [0.1, 0.15) is 0 Å². The van der Waals surface area contributed by atoms with Gasteiger partial charge in [0.05, 0.1) is 18.8 Å². The van der Waals surface area contributed by atoms with E-state index in [0.717, 1.165) is 25.3 Å². The Labute approximate surface area is 122 Å². The van der Waals surface area contributed by atoms with Gasteiger partial charge in [-0.1, -0.05) is 45.0 Å². The van der Waals surface area contributed by atoms with Crippen molar-refractivity contribution in [3.05, 3.63) is 35.4 Å². The van der Waals surface area contributed by atoms with E-state index < -0.39 is 6.10 Å². The molecule has 0 radical (unpaired) electrons. The molecule has 1 N–H and O–H groups in total. The zero-order valence-electron chi connectivity index (χ0n) is 13.1. The van der Waals surface area contributed by atoms with Gasteiger partial charge in [-0.3, -0.25) is 4.90 Å². The van der Waals surface area contributed by atoms with Crippen LogP contribution >= 0.6 is 0 Å². The average molecular weight is 277 g/mol. The summed E-state index contributed by atoms with van der Waals surface area (Å²) in [4.78, 5) is 2.27. The van der Waals surface area contributed by atoms with E-state index in [1.54, 1.807) is 0 Å². The fourth-order valence-corrected chi connectivity index (χ4v) is 2.61. The molecule has 0 amide bonds. The quantitative estimate of drug-likeness (QED) is 0.922. The molecule has 2 unspecified atom stereocenters. The molecular weight excluding hydrogens is 250 g/mol. The third kappa shape index (κ3) is 4.05. The van der Waals surface area contributed by atoms with Gasteiger partial charge < -0.3 is 9.84 Å². The summed E-state index contributed by atoms with van der Waals surface area (Å²) in [5, 5.41) is 10.4. The number of aliphatic hydroxyl groups is 1. The van der Waals surface area contributed by atoms with Crippen molar-refractivity contribution in [1.29, 1.82) is 0 Å². The molecule has 112 valence electrons. The first-order chi connectivity index (χ1) is 9.36. The summed E-state index contributed by atoms with van der Waals surface area (Å²) in [7, 11) is 0. The monoisotopic (exact) mass is 277 g/mol. The highest BCUT2D eigenvalue weighted by Gasteiger charge is 2.20. The second-order valence-corrected chi connectivity index (χ2v) is 6.83. The average Bonchev–Trinajstić information content (AvgIpc) is 2.38. The van der Waals surface area contributed by atoms with Gasteiger partial charge in [0.25, 0.3) is 0 Å². The fourth-order valence-electron chi connectivity index (χ4n) is 2.61. The molecule has 0 aliphatic carbocycles. The van der Waals surface area contributed by atoms with E-state index in [4.69, 9.17) is 4.74 Å². The van der Waals surface area contributed by atoms with Crippen LogP contribution in [0, 0.1) is 0 Å². The smallest absolute Gasteiger partial charge is 0.0916 e. The Balaban J connectivity index is 1.97. The molecule has 0 saturated carbocycles. The van der Waals surface area contributed by atoms with Crippen LogP contribution in [0.5, 0.6) is 0 Å². The lowest BCUT2D eigenvalue weighted by Gasteiger charge is -2.32. The van der Waals surface area contributed by atoms with Crippen molar-refractivity contribution in [2.24, 2.45) is 0 Å². The number of ether oxygens (including phenoxy) is 1. The van der Waals surface area contributed by atoms with Crippen LogP contribution in [0.15, 0.2) is 24.3 Å². The highest BCUT2D eigenvalue weighted by Crippen LogP contribution is 2.24. The number of β-amino-alcohol motifs (C(OH)–C–C–N with tert-alkyl or cyclic N) is 1. The predicted octanol–water partition coefficient (Wildman–Crippen LogP) is 2.74. The number of nitrogens with zero attached hydrogens (tertiary/aromatic N) is 1. The summed E-state index contributed by atoms with van der Waals surface area (Å²) < 4.78 is 5.53. The van der Waals surface area contributed by atoms with Crippen LogP contribution in [0.2, 0.25) is 0 Å². The Morgan fingerprint density at radius 2 is 1.95 bits per heavy atom. The maximum Gasteiger partial charge on any atom is 0.0916 e. The van der Waals surface area contributed by atoms with Gasteiger partial charge in [0, 0.05) is 19.6 Å². The molecule has 1 aromatic rings. The Morgan fingerprint density at radius 3 is 2.50 bits per heavy atom. The molecule has 3 nitrogen and oxygen atoms in total. The molecular formula is C17H27NO2. The number of aliphatic hydroxyl groups excluding tert-OH is 1. The Bertz CT molecular complexity index is 422. The second kappa shape index (κ2) is 6.25. The first-order valence-corrected chi connectivity index (χ1v) is 7.49. The number of hydrogen-bond acceptors (Lipinski definition) is 3. The molecule has 0 spiro atoms. The molecule has 0 bridgehead atoms. The Morgan fingerprint density at radius 1 is 1.30 bits per heavy atom. The Hall–Kier alpha value is -0.900. The van der Waals surface area contributed by atoms with E-state index >= 15 is 0 Å². The van der Waals surface area contributed by atoms with Crippen molar-refractivity contribution in [3.8, 4) is 0 Å². The van der Waals surface area contributed by atoms with E-state index in [9.17, 15) is 5.11 Å². The summed E-state index contributed by atoms with van der Waals surface area (Å²) in [6.07, 6.45) is -0.159. The highest BCUT2D eigenvalue weighted by molar-refractivity contribution is 5.28.